The molecule has 0 unspecified atom stereocenters. The largest absolute Gasteiger partial charge is 0.478 e. The number of hydrogen-bond acceptors (Lipinski definition) is 5. The topological polar surface area (TPSA) is 97.4 Å². The number of nitrogens with zero attached hydrogens (tertiary/aromatic N) is 1. The molecule has 1 rings (SSSR count). The smallest absolute Gasteiger partial charge is 0.245 e. The molecule has 0 spiro atoms. The maximum atomic E-state index is 10.4. The summed E-state index contributed by atoms with van der Waals surface area (Å²) in [4.78, 5) is 15.2. The van der Waals surface area contributed by atoms with E-state index in [1.54, 1.807) is 12.1 Å². The molecule has 17 heavy (non-hydrogen) atoms. The molecule has 0 aromatic heterocycles. The summed E-state index contributed by atoms with van der Waals surface area (Å²) in [5.74, 6) is 0.0516. The summed E-state index contributed by atoms with van der Waals surface area (Å²) in [6.45, 7) is 0.148. The summed E-state index contributed by atoms with van der Waals surface area (Å²) in [7, 11) is 0. The Morgan fingerprint density at radius 2 is 2.24 bits per heavy atom. The molecule has 6 nitrogen and oxygen atoms in total. The van der Waals surface area contributed by atoms with Crippen molar-refractivity contribution in [1.29, 1.82) is 5.26 Å². The molecule has 1 amide bonds. The van der Waals surface area contributed by atoms with Crippen LogP contribution in [0.4, 0.5) is 0 Å². The van der Waals surface area contributed by atoms with Crippen LogP contribution in [0.15, 0.2) is 24.3 Å². The van der Waals surface area contributed by atoms with E-state index in [1.807, 2.05) is 18.2 Å². The van der Waals surface area contributed by atoms with Crippen LogP contribution in [0.2, 0.25) is 0 Å². The van der Waals surface area contributed by atoms with Gasteiger partial charge >= 0.3 is 0 Å². The summed E-state index contributed by atoms with van der Waals surface area (Å²) in [6.07, 6.45) is 0. The van der Waals surface area contributed by atoms with Crippen molar-refractivity contribution in [2.45, 2.75) is 6.54 Å². The van der Waals surface area contributed by atoms with E-state index >= 15 is 0 Å². The molecule has 0 aliphatic carbocycles. The Balaban J connectivity index is 2.46. The van der Waals surface area contributed by atoms with Crippen LogP contribution < -0.4 is 16.0 Å². The Morgan fingerprint density at radius 3 is 2.94 bits per heavy atom. The van der Waals surface area contributed by atoms with Gasteiger partial charge < -0.3 is 10.5 Å². The van der Waals surface area contributed by atoms with Crippen molar-refractivity contribution in [3.63, 3.8) is 0 Å². The number of hydroxylamine groups is 1. The van der Waals surface area contributed by atoms with Gasteiger partial charge in [-0.15, -0.1) is 0 Å². The van der Waals surface area contributed by atoms with Gasteiger partial charge in [0.15, 0.2) is 6.61 Å². The molecular formula is C11H13N3O3. The molecule has 0 saturated heterocycles. The minimum absolute atomic E-state index is 0.0147. The number of benzene rings is 1. The first kappa shape index (κ1) is 13.0. The van der Waals surface area contributed by atoms with Gasteiger partial charge in [0, 0.05) is 12.1 Å². The van der Waals surface area contributed by atoms with Gasteiger partial charge in [-0.3, -0.25) is 9.63 Å². The molecule has 0 radical (unpaired) electrons. The summed E-state index contributed by atoms with van der Waals surface area (Å²) in [5, 5.41) is 8.43. The number of amides is 1. The fraction of sp³-hybridized carbons (Fsp3) is 0.273. The molecule has 1 aromatic rings. The molecule has 0 heterocycles. The van der Waals surface area contributed by atoms with E-state index in [0.29, 0.717) is 12.3 Å². The summed E-state index contributed by atoms with van der Waals surface area (Å²) in [6, 6.07) is 9.11. The van der Waals surface area contributed by atoms with E-state index in [9.17, 15) is 4.79 Å². The van der Waals surface area contributed by atoms with E-state index in [0.717, 1.165) is 5.56 Å². The van der Waals surface area contributed by atoms with Crippen LogP contribution >= 0.6 is 0 Å². The Bertz CT molecular complexity index is 415. The lowest BCUT2D eigenvalue weighted by molar-refractivity contribution is -0.125. The Morgan fingerprint density at radius 1 is 1.47 bits per heavy atom. The fourth-order valence-electron chi connectivity index (χ4n) is 1.15. The predicted octanol–water partition coefficient (Wildman–Crippen LogP) is 0.0955. The predicted molar refractivity (Wildman–Crippen MR) is 59.5 cm³/mol. The van der Waals surface area contributed by atoms with E-state index in [1.165, 1.54) is 0 Å². The van der Waals surface area contributed by atoms with Crippen molar-refractivity contribution in [2.75, 3.05) is 13.2 Å². The zero-order valence-corrected chi connectivity index (χ0v) is 9.18. The number of primary amides is 1. The molecule has 0 bridgehead atoms. The van der Waals surface area contributed by atoms with Crippen molar-refractivity contribution in [1.82, 2.24) is 5.48 Å². The van der Waals surface area contributed by atoms with Gasteiger partial charge in [0.05, 0.1) is 0 Å². The Hall–Kier alpha value is -2.10. The van der Waals surface area contributed by atoms with Crippen molar-refractivity contribution >= 4 is 5.91 Å². The molecule has 90 valence electrons. The zero-order chi connectivity index (χ0) is 12.5. The average Bonchev–Trinajstić information content (AvgIpc) is 2.33. The van der Waals surface area contributed by atoms with Crippen LogP contribution in [0.25, 0.3) is 0 Å². The zero-order valence-electron chi connectivity index (χ0n) is 9.18. The fourth-order valence-corrected chi connectivity index (χ4v) is 1.15. The third-order valence-corrected chi connectivity index (χ3v) is 1.84. The molecule has 0 saturated carbocycles. The van der Waals surface area contributed by atoms with Crippen LogP contribution in [-0.2, 0) is 16.2 Å². The lowest BCUT2D eigenvalue weighted by Gasteiger charge is -2.09. The van der Waals surface area contributed by atoms with E-state index in [-0.39, 0.29) is 13.2 Å². The van der Waals surface area contributed by atoms with E-state index in [2.05, 4.69) is 5.48 Å². The number of para-hydroxylation sites is 1. The molecule has 0 atom stereocenters. The van der Waals surface area contributed by atoms with Gasteiger partial charge in [0.2, 0.25) is 5.91 Å². The quantitative estimate of drug-likeness (QED) is 0.516. The second kappa shape index (κ2) is 7.22. The summed E-state index contributed by atoms with van der Waals surface area (Å²) >= 11 is 0. The number of nitriles is 1. The number of carbonyl (C=O) groups excluding carboxylic acids is 1. The van der Waals surface area contributed by atoms with Crippen molar-refractivity contribution < 1.29 is 14.4 Å². The summed E-state index contributed by atoms with van der Waals surface area (Å²) < 4.78 is 5.22. The molecule has 0 aliphatic heterocycles. The van der Waals surface area contributed by atoms with Crippen LogP contribution in [0.1, 0.15) is 5.56 Å². The number of nitrogens with one attached hydrogen (secondary N) is 1. The molecule has 0 fully saturated rings. The van der Waals surface area contributed by atoms with E-state index < -0.39 is 5.91 Å². The SMILES string of the molecule is N#CCOc1ccccc1CNOCC(N)=O. The lowest BCUT2D eigenvalue weighted by Crippen LogP contribution is -2.24. The minimum Gasteiger partial charge on any atom is -0.478 e. The number of ether oxygens (including phenoxy) is 1. The van der Waals surface area contributed by atoms with Crippen molar-refractivity contribution in [3.8, 4) is 11.8 Å². The van der Waals surface area contributed by atoms with Gasteiger partial charge in [-0.25, -0.2) is 0 Å². The standard InChI is InChI=1S/C11H13N3O3/c12-5-6-16-10-4-2-1-3-9(10)7-14-17-8-11(13)15/h1-4,14H,6-8H2,(H2,13,15). The molecular weight excluding hydrogens is 222 g/mol. The summed E-state index contributed by atoms with van der Waals surface area (Å²) in [5.41, 5.74) is 8.32. The highest BCUT2D eigenvalue weighted by atomic mass is 16.6. The highest BCUT2D eigenvalue weighted by Gasteiger charge is 2.02. The van der Waals surface area contributed by atoms with Crippen LogP contribution in [0, 0.1) is 11.3 Å². The second-order valence-electron chi connectivity index (χ2n) is 3.13. The third kappa shape index (κ3) is 4.97. The van der Waals surface area contributed by atoms with Crippen molar-refractivity contribution in [2.24, 2.45) is 5.73 Å². The first-order valence-corrected chi connectivity index (χ1v) is 4.94. The normalized spacial score (nSPS) is 9.59. The highest BCUT2D eigenvalue weighted by molar-refractivity contribution is 5.74. The Kier molecular flexibility index (Phi) is 5.51. The second-order valence-corrected chi connectivity index (χ2v) is 3.13. The maximum Gasteiger partial charge on any atom is 0.245 e. The Labute approximate surface area is 98.9 Å². The van der Waals surface area contributed by atoms with Gasteiger partial charge in [-0.1, -0.05) is 18.2 Å². The molecule has 0 aliphatic rings. The number of nitrogens with two attached hydrogens (primary N) is 1. The molecule has 1 aromatic carbocycles. The monoisotopic (exact) mass is 235 g/mol. The number of hydrogen-bond donors (Lipinski definition) is 2. The van der Waals surface area contributed by atoms with Gasteiger partial charge in [0.25, 0.3) is 0 Å². The van der Waals surface area contributed by atoms with Crippen molar-refractivity contribution in [3.05, 3.63) is 29.8 Å². The van der Waals surface area contributed by atoms with E-state index in [4.69, 9.17) is 20.6 Å². The van der Waals surface area contributed by atoms with Crippen LogP contribution in [-0.4, -0.2) is 19.1 Å². The third-order valence-electron chi connectivity index (χ3n) is 1.84. The van der Waals surface area contributed by atoms with Gasteiger partial charge in [-0.2, -0.15) is 10.7 Å². The van der Waals surface area contributed by atoms with Crippen LogP contribution in [0.3, 0.4) is 0 Å². The molecule has 3 N–H and O–H groups in total. The highest BCUT2D eigenvalue weighted by Crippen LogP contribution is 2.17. The first-order valence-electron chi connectivity index (χ1n) is 4.94. The average molecular weight is 235 g/mol. The van der Waals surface area contributed by atoms with Crippen LogP contribution in [0.5, 0.6) is 5.75 Å². The van der Waals surface area contributed by atoms with Gasteiger partial charge in [-0.05, 0) is 6.07 Å². The first-order chi connectivity index (χ1) is 8.24. The lowest BCUT2D eigenvalue weighted by atomic mass is 10.2. The maximum absolute atomic E-state index is 10.4. The number of rotatable bonds is 7. The minimum atomic E-state index is -0.550. The number of carbonyl (C=O) groups is 1. The van der Waals surface area contributed by atoms with Gasteiger partial charge in [0.1, 0.15) is 18.4 Å². The molecule has 6 heteroatoms.